The smallest absolute Gasteiger partial charge is 0.0653 e. The van der Waals surface area contributed by atoms with Crippen LogP contribution in [0.3, 0.4) is 0 Å². The molecule has 1 aliphatic rings. The molecule has 0 N–H and O–H groups in total. The topological polar surface area (TPSA) is 9.23 Å². The molecule has 0 bridgehead atoms. The molecule has 0 amide bonds. The third-order valence-electron chi connectivity index (χ3n) is 0.588. The molecule has 0 saturated heterocycles. The molecule has 1 heterocycles. The molecule has 2 heteroatoms. The van der Waals surface area contributed by atoms with Crippen molar-refractivity contribution in [1.82, 2.24) is 0 Å². The van der Waals surface area contributed by atoms with Gasteiger partial charge in [0.25, 0.3) is 0 Å². The summed E-state index contributed by atoms with van der Waals surface area (Å²) in [6.07, 6.45) is 3.18. The monoisotopic (exact) mass is 102 g/mol. The van der Waals surface area contributed by atoms with Crippen LogP contribution in [0.1, 0.15) is 6.42 Å². The first-order chi connectivity index (χ1) is 3.00. The summed E-state index contributed by atoms with van der Waals surface area (Å²) in [6.45, 7) is 0.876. The van der Waals surface area contributed by atoms with Crippen LogP contribution in [-0.4, -0.2) is 6.61 Å². The maximum absolute atomic E-state index is 4.90. The summed E-state index contributed by atoms with van der Waals surface area (Å²) in [5, 5.41) is 1.96. The fourth-order valence-corrected chi connectivity index (χ4v) is 0.797. The van der Waals surface area contributed by atoms with Crippen molar-refractivity contribution in [3.8, 4) is 0 Å². The van der Waals surface area contributed by atoms with Crippen LogP contribution >= 0.6 is 12.0 Å². The average Bonchev–Trinajstić information content (AvgIpc) is 1.72. The Balaban J connectivity index is 2.26. The van der Waals surface area contributed by atoms with E-state index in [1.54, 1.807) is 0 Å². The molecule has 0 spiro atoms. The Morgan fingerprint density at radius 2 is 2.67 bits per heavy atom. The molecule has 0 aromatic rings. The van der Waals surface area contributed by atoms with Crippen LogP contribution < -0.4 is 0 Å². The molecule has 1 aliphatic heterocycles. The Labute approximate surface area is 41.6 Å². The average molecular weight is 102 g/mol. The van der Waals surface area contributed by atoms with Crippen LogP contribution in [0.15, 0.2) is 11.5 Å². The van der Waals surface area contributed by atoms with E-state index in [-0.39, 0.29) is 0 Å². The van der Waals surface area contributed by atoms with E-state index in [1.807, 2.05) is 5.41 Å². The van der Waals surface area contributed by atoms with Crippen LogP contribution in [0, 0.1) is 0 Å². The van der Waals surface area contributed by atoms with Crippen molar-refractivity contribution in [3.63, 3.8) is 0 Å². The van der Waals surface area contributed by atoms with Gasteiger partial charge in [0.05, 0.1) is 6.61 Å². The lowest BCUT2D eigenvalue weighted by atomic mass is 10.5. The lowest BCUT2D eigenvalue weighted by Gasteiger charge is -1.98. The molecular weight excluding hydrogens is 96.1 g/mol. The molecule has 1 rings (SSSR count). The number of hydrogen-bond donors (Lipinski definition) is 0. The van der Waals surface area contributed by atoms with Gasteiger partial charge in [-0.2, -0.15) is 0 Å². The van der Waals surface area contributed by atoms with Gasteiger partial charge >= 0.3 is 0 Å². The highest BCUT2D eigenvalue weighted by Crippen LogP contribution is 2.10. The molecule has 0 aliphatic carbocycles. The SMILES string of the molecule is C1=CSOCC1. The summed E-state index contributed by atoms with van der Waals surface area (Å²) in [4.78, 5) is 0. The Hall–Kier alpha value is 0.0500. The van der Waals surface area contributed by atoms with E-state index in [0.717, 1.165) is 13.0 Å². The van der Waals surface area contributed by atoms with Gasteiger partial charge in [0.1, 0.15) is 0 Å². The van der Waals surface area contributed by atoms with Gasteiger partial charge in [-0.1, -0.05) is 6.08 Å². The van der Waals surface area contributed by atoms with E-state index in [2.05, 4.69) is 6.08 Å². The minimum absolute atomic E-state index is 0.876. The summed E-state index contributed by atoms with van der Waals surface area (Å²) in [7, 11) is 0. The third-order valence-corrected chi connectivity index (χ3v) is 1.19. The van der Waals surface area contributed by atoms with Crippen molar-refractivity contribution >= 4 is 12.0 Å². The van der Waals surface area contributed by atoms with E-state index >= 15 is 0 Å². The summed E-state index contributed by atoms with van der Waals surface area (Å²) >= 11 is 1.41. The summed E-state index contributed by atoms with van der Waals surface area (Å²) in [6, 6.07) is 0. The van der Waals surface area contributed by atoms with Crippen LogP contribution in [0.2, 0.25) is 0 Å². The minimum Gasteiger partial charge on any atom is -0.310 e. The lowest BCUT2D eigenvalue weighted by molar-refractivity contribution is 0.381. The van der Waals surface area contributed by atoms with E-state index in [1.165, 1.54) is 12.0 Å². The molecule has 0 radical (unpaired) electrons. The van der Waals surface area contributed by atoms with E-state index in [9.17, 15) is 0 Å². The molecule has 0 unspecified atom stereocenters. The third kappa shape index (κ3) is 1.03. The zero-order valence-electron chi connectivity index (χ0n) is 3.39. The standard InChI is InChI=1S/C4H6OS/c1-2-4-6-5-3-1/h2,4H,1,3H2. The first kappa shape index (κ1) is 4.22. The molecule has 0 aromatic heterocycles. The zero-order chi connectivity index (χ0) is 4.24. The first-order valence-corrected chi connectivity index (χ1v) is 2.74. The minimum atomic E-state index is 0.876. The second-order valence-electron chi connectivity index (χ2n) is 1.08. The van der Waals surface area contributed by atoms with Gasteiger partial charge in [-0.3, -0.25) is 0 Å². The van der Waals surface area contributed by atoms with Crippen molar-refractivity contribution in [2.24, 2.45) is 0 Å². The highest BCUT2D eigenvalue weighted by atomic mass is 32.2. The van der Waals surface area contributed by atoms with Crippen molar-refractivity contribution in [2.45, 2.75) is 6.42 Å². The zero-order valence-corrected chi connectivity index (χ0v) is 4.20. The molecule has 34 valence electrons. The van der Waals surface area contributed by atoms with Crippen molar-refractivity contribution in [1.29, 1.82) is 0 Å². The Morgan fingerprint density at radius 1 is 1.67 bits per heavy atom. The maximum Gasteiger partial charge on any atom is 0.0653 e. The van der Waals surface area contributed by atoms with Gasteiger partial charge in [0, 0.05) is 12.0 Å². The molecular formula is C4H6OS. The van der Waals surface area contributed by atoms with Crippen LogP contribution in [0.5, 0.6) is 0 Å². The Bertz CT molecular complexity index is 52.6. The second-order valence-corrected chi connectivity index (χ2v) is 1.78. The molecule has 0 atom stereocenters. The van der Waals surface area contributed by atoms with Gasteiger partial charge in [-0.25, -0.2) is 0 Å². The maximum atomic E-state index is 4.90. The largest absolute Gasteiger partial charge is 0.310 e. The predicted molar refractivity (Wildman–Crippen MR) is 27.3 cm³/mol. The van der Waals surface area contributed by atoms with E-state index < -0.39 is 0 Å². The van der Waals surface area contributed by atoms with Gasteiger partial charge in [-0.05, 0) is 11.8 Å². The fraction of sp³-hybridized carbons (Fsp3) is 0.500. The number of rotatable bonds is 0. The van der Waals surface area contributed by atoms with Gasteiger partial charge in [0.2, 0.25) is 0 Å². The highest BCUT2D eigenvalue weighted by Gasteiger charge is 1.87. The van der Waals surface area contributed by atoms with Gasteiger partial charge in [0.15, 0.2) is 0 Å². The van der Waals surface area contributed by atoms with Gasteiger partial charge < -0.3 is 4.18 Å². The first-order valence-electron chi connectivity index (χ1n) is 1.93. The van der Waals surface area contributed by atoms with Gasteiger partial charge in [-0.15, -0.1) is 0 Å². The van der Waals surface area contributed by atoms with E-state index in [4.69, 9.17) is 4.18 Å². The van der Waals surface area contributed by atoms with E-state index in [0.29, 0.717) is 0 Å². The summed E-state index contributed by atoms with van der Waals surface area (Å²) in [5.41, 5.74) is 0. The van der Waals surface area contributed by atoms with Crippen LogP contribution in [0.4, 0.5) is 0 Å². The molecule has 0 saturated carbocycles. The van der Waals surface area contributed by atoms with Crippen molar-refractivity contribution in [2.75, 3.05) is 6.61 Å². The lowest BCUT2D eigenvalue weighted by Crippen LogP contribution is -1.84. The van der Waals surface area contributed by atoms with Crippen LogP contribution in [-0.2, 0) is 4.18 Å². The Kier molecular flexibility index (Phi) is 1.59. The normalized spacial score (nSPS) is 21.3. The highest BCUT2D eigenvalue weighted by molar-refractivity contribution is 7.97. The molecule has 0 aromatic carbocycles. The predicted octanol–water partition coefficient (Wildman–Crippen LogP) is 1.57. The van der Waals surface area contributed by atoms with Crippen LogP contribution in [0.25, 0.3) is 0 Å². The molecule has 0 fully saturated rings. The van der Waals surface area contributed by atoms with Crippen molar-refractivity contribution in [3.05, 3.63) is 11.5 Å². The fourth-order valence-electron chi connectivity index (χ4n) is 0.311. The molecule has 6 heavy (non-hydrogen) atoms. The number of hydrogen-bond acceptors (Lipinski definition) is 2. The summed E-state index contributed by atoms with van der Waals surface area (Å²) in [5.74, 6) is 0. The van der Waals surface area contributed by atoms with Crippen molar-refractivity contribution < 1.29 is 4.18 Å². The molecule has 1 nitrogen and oxygen atoms in total. The quantitative estimate of drug-likeness (QED) is 0.429. The second kappa shape index (κ2) is 2.26. The Morgan fingerprint density at radius 3 is 2.83 bits per heavy atom. The summed E-state index contributed by atoms with van der Waals surface area (Å²) < 4.78 is 4.90.